The number of benzene rings is 1. The van der Waals surface area contributed by atoms with Gasteiger partial charge in [0.05, 0.1) is 5.69 Å². The number of rotatable bonds is 1. The molecule has 1 aromatic carbocycles. The average molecular weight is 269 g/mol. The summed E-state index contributed by atoms with van der Waals surface area (Å²) in [6, 6.07) is 8.15. The molecule has 0 fully saturated rings. The fourth-order valence-electron chi connectivity index (χ4n) is 1.33. The van der Waals surface area contributed by atoms with Crippen LogP contribution in [0, 0.1) is 4.77 Å². The molecule has 0 aliphatic carbocycles. The molecule has 1 heterocycles. The number of hydrogen-bond acceptors (Lipinski definition) is 1. The first-order valence-electron chi connectivity index (χ1n) is 4.19. The molecule has 14 heavy (non-hydrogen) atoms. The van der Waals surface area contributed by atoms with Crippen molar-refractivity contribution in [3.63, 3.8) is 0 Å². The van der Waals surface area contributed by atoms with E-state index in [1.807, 2.05) is 29.9 Å². The van der Waals surface area contributed by atoms with Crippen LogP contribution in [0.15, 0.2) is 34.9 Å². The molecular weight excluding hydrogens is 260 g/mol. The smallest absolute Gasteiger partial charge is 0.177 e. The minimum atomic E-state index is 0.739. The van der Waals surface area contributed by atoms with Crippen molar-refractivity contribution >= 4 is 28.1 Å². The molecule has 0 amide bonds. The lowest BCUT2D eigenvalue weighted by Gasteiger charge is -2.01. The molecule has 2 aromatic rings. The maximum absolute atomic E-state index is 5.10. The number of hydrogen-bond donors (Lipinski definition) is 1. The second-order valence-electron chi connectivity index (χ2n) is 3.04. The summed E-state index contributed by atoms with van der Waals surface area (Å²) in [6.45, 7) is 0. The predicted molar refractivity (Wildman–Crippen MR) is 63.7 cm³/mol. The van der Waals surface area contributed by atoms with E-state index in [-0.39, 0.29) is 0 Å². The van der Waals surface area contributed by atoms with E-state index in [0.29, 0.717) is 0 Å². The molecule has 0 bridgehead atoms. The van der Waals surface area contributed by atoms with Gasteiger partial charge in [-0.2, -0.15) is 0 Å². The fourth-order valence-corrected chi connectivity index (χ4v) is 1.75. The number of aromatic nitrogens is 2. The Morgan fingerprint density at radius 3 is 2.43 bits per heavy atom. The second kappa shape index (κ2) is 3.71. The Morgan fingerprint density at radius 2 is 1.93 bits per heavy atom. The number of nitrogens with zero attached hydrogens (tertiary/aromatic N) is 1. The van der Waals surface area contributed by atoms with Crippen LogP contribution in [-0.4, -0.2) is 9.55 Å². The third-order valence-electron chi connectivity index (χ3n) is 2.14. The summed E-state index contributed by atoms with van der Waals surface area (Å²) in [4.78, 5) is 3.02. The number of H-pyrrole nitrogens is 1. The lowest BCUT2D eigenvalue weighted by Crippen LogP contribution is -1.90. The minimum absolute atomic E-state index is 0.739. The molecule has 72 valence electrons. The van der Waals surface area contributed by atoms with Crippen LogP contribution in [0.2, 0.25) is 0 Å². The van der Waals surface area contributed by atoms with Crippen molar-refractivity contribution in [3.8, 4) is 11.3 Å². The van der Waals surface area contributed by atoms with E-state index in [9.17, 15) is 0 Å². The molecular formula is C10H9BrN2S. The topological polar surface area (TPSA) is 20.7 Å². The summed E-state index contributed by atoms with van der Waals surface area (Å²) in [5.74, 6) is 0. The van der Waals surface area contributed by atoms with Gasteiger partial charge in [0.2, 0.25) is 0 Å². The van der Waals surface area contributed by atoms with Gasteiger partial charge in [-0.25, -0.2) is 0 Å². The standard InChI is InChI=1S/C10H9BrN2S/c1-13-9(6-12-10(13)14)7-2-4-8(11)5-3-7/h2-6H,1H3,(H,12,14). The van der Waals surface area contributed by atoms with Gasteiger partial charge in [0.25, 0.3) is 0 Å². The number of imidazole rings is 1. The Bertz CT molecular complexity index is 496. The zero-order valence-corrected chi connectivity index (χ0v) is 10.0. The normalized spacial score (nSPS) is 10.4. The van der Waals surface area contributed by atoms with Crippen molar-refractivity contribution < 1.29 is 0 Å². The van der Waals surface area contributed by atoms with Gasteiger partial charge in [0, 0.05) is 17.7 Å². The largest absolute Gasteiger partial charge is 0.337 e. The van der Waals surface area contributed by atoms with Gasteiger partial charge in [0.15, 0.2) is 4.77 Å². The van der Waals surface area contributed by atoms with E-state index < -0.39 is 0 Å². The molecule has 0 unspecified atom stereocenters. The van der Waals surface area contributed by atoms with Crippen molar-refractivity contribution in [2.45, 2.75) is 0 Å². The van der Waals surface area contributed by atoms with Gasteiger partial charge >= 0.3 is 0 Å². The zero-order valence-electron chi connectivity index (χ0n) is 7.62. The molecule has 2 nitrogen and oxygen atoms in total. The Balaban J connectivity index is 2.55. The van der Waals surface area contributed by atoms with E-state index in [2.05, 4.69) is 33.0 Å². The maximum Gasteiger partial charge on any atom is 0.177 e. The summed E-state index contributed by atoms with van der Waals surface area (Å²) in [7, 11) is 1.95. The van der Waals surface area contributed by atoms with Crippen molar-refractivity contribution in [1.82, 2.24) is 9.55 Å². The second-order valence-corrected chi connectivity index (χ2v) is 4.35. The average Bonchev–Trinajstić information content (AvgIpc) is 2.50. The summed E-state index contributed by atoms with van der Waals surface area (Å²) < 4.78 is 3.78. The minimum Gasteiger partial charge on any atom is -0.337 e. The molecule has 4 heteroatoms. The van der Waals surface area contributed by atoms with Gasteiger partial charge in [-0.3, -0.25) is 0 Å². The van der Waals surface area contributed by atoms with Crippen LogP contribution in [0.4, 0.5) is 0 Å². The van der Waals surface area contributed by atoms with Crippen LogP contribution < -0.4 is 0 Å². The SMILES string of the molecule is Cn1c(-c2ccc(Br)cc2)c[nH]c1=S. The highest BCUT2D eigenvalue weighted by atomic mass is 79.9. The number of aromatic amines is 1. The molecule has 0 saturated heterocycles. The molecule has 1 aromatic heterocycles. The van der Waals surface area contributed by atoms with Crippen molar-refractivity contribution in [1.29, 1.82) is 0 Å². The Labute approximate surface area is 95.7 Å². The van der Waals surface area contributed by atoms with Gasteiger partial charge in [-0.05, 0) is 29.9 Å². The number of halogens is 1. The third-order valence-corrected chi connectivity index (χ3v) is 3.06. The van der Waals surface area contributed by atoms with Crippen molar-refractivity contribution in [2.75, 3.05) is 0 Å². The Kier molecular flexibility index (Phi) is 2.56. The molecule has 0 aliphatic heterocycles. The number of nitrogens with one attached hydrogen (secondary N) is 1. The first kappa shape index (κ1) is 9.68. The van der Waals surface area contributed by atoms with Crippen LogP contribution in [0.25, 0.3) is 11.3 Å². The summed E-state index contributed by atoms with van der Waals surface area (Å²) in [5.41, 5.74) is 2.26. The molecule has 1 N–H and O–H groups in total. The molecule has 0 saturated carbocycles. The zero-order chi connectivity index (χ0) is 10.1. The lowest BCUT2D eigenvalue weighted by atomic mass is 10.2. The van der Waals surface area contributed by atoms with E-state index in [0.717, 1.165) is 20.5 Å². The fraction of sp³-hybridized carbons (Fsp3) is 0.100. The van der Waals surface area contributed by atoms with Crippen LogP contribution in [0.5, 0.6) is 0 Å². The molecule has 0 radical (unpaired) electrons. The van der Waals surface area contributed by atoms with Gasteiger partial charge in [-0.1, -0.05) is 28.1 Å². The van der Waals surface area contributed by atoms with E-state index in [4.69, 9.17) is 12.2 Å². The first-order chi connectivity index (χ1) is 6.68. The van der Waals surface area contributed by atoms with Crippen LogP contribution in [-0.2, 0) is 7.05 Å². The molecule has 0 spiro atoms. The van der Waals surface area contributed by atoms with Gasteiger partial charge in [0.1, 0.15) is 0 Å². The van der Waals surface area contributed by atoms with E-state index in [1.54, 1.807) is 0 Å². The maximum atomic E-state index is 5.10. The highest BCUT2D eigenvalue weighted by Crippen LogP contribution is 2.20. The molecule has 2 rings (SSSR count). The van der Waals surface area contributed by atoms with Crippen molar-refractivity contribution in [2.24, 2.45) is 7.05 Å². The highest BCUT2D eigenvalue weighted by molar-refractivity contribution is 9.10. The van der Waals surface area contributed by atoms with E-state index in [1.165, 1.54) is 0 Å². The monoisotopic (exact) mass is 268 g/mol. The Hall–Kier alpha value is -0.870. The Morgan fingerprint density at radius 1 is 1.29 bits per heavy atom. The van der Waals surface area contributed by atoms with E-state index >= 15 is 0 Å². The van der Waals surface area contributed by atoms with Crippen LogP contribution in [0.3, 0.4) is 0 Å². The van der Waals surface area contributed by atoms with Crippen LogP contribution in [0.1, 0.15) is 0 Å². The first-order valence-corrected chi connectivity index (χ1v) is 5.39. The molecule has 0 aliphatic rings. The van der Waals surface area contributed by atoms with Gasteiger partial charge in [-0.15, -0.1) is 0 Å². The predicted octanol–water partition coefficient (Wildman–Crippen LogP) is 3.51. The van der Waals surface area contributed by atoms with Crippen LogP contribution >= 0.6 is 28.1 Å². The summed E-state index contributed by atoms with van der Waals surface area (Å²) in [6.07, 6.45) is 1.92. The summed E-state index contributed by atoms with van der Waals surface area (Å²) >= 11 is 8.50. The van der Waals surface area contributed by atoms with Gasteiger partial charge < -0.3 is 9.55 Å². The van der Waals surface area contributed by atoms with Crippen molar-refractivity contribution in [3.05, 3.63) is 39.7 Å². The quantitative estimate of drug-likeness (QED) is 0.786. The summed E-state index contributed by atoms with van der Waals surface area (Å²) in [5, 5.41) is 0. The lowest BCUT2D eigenvalue weighted by molar-refractivity contribution is 0.902. The third kappa shape index (κ3) is 1.67. The molecule has 0 atom stereocenters. The highest BCUT2D eigenvalue weighted by Gasteiger charge is 2.02.